The quantitative estimate of drug-likeness (QED) is 0.701. The van der Waals surface area contributed by atoms with Gasteiger partial charge in [-0.1, -0.05) is 18.2 Å². The van der Waals surface area contributed by atoms with Crippen molar-refractivity contribution in [1.29, 1.82) is 0 Å². The van der Waals surface area contributed by atoms with Crippen LogP contribution in [-0.4, -0.2) is 33.3 Å². The van der Waals surface area contributed by atoms with Gasteiger partial charge in [-0.3, -0.25) is 4.79 Å². The number of fused-ring (bicyclic) bond motifs is 1. The molecule has 29 heavy (non-hydrogen) atoms. The van der Waals surface area contributed by atoms with Crippen molar-refractivity contribution in [2.45, 2.75) is 56.5 Å². The Morgan fingerprint density at radius 3 is 2.62 bits per heavy atom. The SMILES string of the molecule is O=C(NC1CC1)c1cc(C2CC2)nc2c1c(C1CCCN1)nn2-c1ccccc1. The summed E-state index contributed by atoms with van der Waals surface area (Å²) in [5, 5.41) is 12.7. The van der Waals surface area contributed by atoms with E-state index in [9.17, 15) is 4.79 Å². The summed E-state index contributed by atoms with van der Waals surface area (Å²) in [5.41, 5.74) is 4.52. The first kappa shape index (κ1) is 17.2. The molecule has 3 heterocycles. The van der Waals surface area contributed by atoms with Crippen LogP contribution in [0.5, 0.6) is 0 Å². The maximum absolute atomic E-state index is 13.2. The number of carbonyl (C=O) groups excluding carboxylic acids is 1. The maximum Gasteiger partial charge on any atom is 0.252 e. The van der Waals surface area contributed by atoms with E-state index in [4.69, 9.17) is 10.1 Å². The van der Waals surface area contributed by atoms with E-state index < -0.39 is 0 Å². The van der Waals surface area contributed by atoms with Crippen molar-refractivity contribution in [2.24, 2.45) is 0 Å². The maximum atomic E-state index is 13.2. The van der Waals surface area contributed by atoms with Crippen LogP contribution in [0.3, 0.4) is 0 Å². The van der Waals surface area contributed by atoms with Crippen molar-refractivity contribution < 1.29 is 4.79 Å². The molecule has 1 saturated heterocycles. The predicted molar refractivity (Wildman–Crippen MR) is 111 cm³/mol. The first-order valence-electron chi connectivity index (χ1n) is 10.8. The van der Waals surface area contributed by atoms with Crippen LogP contribution >= 0.6 is 0 Å². The monoisotopic (exact) mass is 387 g/mol. The number of pyridine rings is 1. The number of hydrogen-bond acceptors (Lipinski definition) is 4. The number of para-hydroxylation sites is 1. The second-order valence-corrected chi connectivity index (χ2v) is 8.60. The second-order valence-electron chi connectivity index (χ2n) is 8.60. The van der Waals surface area contributed by atoms with E-state index in [1.165, 1.54) is 0 Å². The number of rotatable bonds is 5. The summed E-state index contributed by atoms with van der Waals surface area (Å²) in [4.78, 5) is 18.3. The smallest absolute Gasteiger partial charge is 0.252 e. The lowest BCUT2D eigenvalue weighted by atomic mass is 10.0. The summed E-state index contributed by atoms with van der Waals surface area (Å²) in [6.45, 7) is 0.988. The zero-order valence-electron chi connectivity index (χ0n) is 16.4. The van der Waals surface area contributed by atoms with E-state index in [-0.39, 0.29) is 11.9 Å². The standard InChI is InChI=1S/C23H25N5O/c29-23(25-15-10-11-15)17-13-19(14-8-9-14)26-22-20(17)21(18-7-4-12-24-18)27-28(22)16-5-2-1-3-6-16/h1-3,5-6,13-15,18,24H,4,7-12H2,(H,25,29). The molecule has 3 aromatic rings. The molecule has 148 valence electrons. The molecule has 3 fully saturated rings. The van der Waals surface area contributed by atoms with E-state index in [0.717, 1.165) is 78.7 Å². The topological polar surface area (TPSA) is 71.8 Å². The van der Waals surface area contributed by atoms with Gasteiger partial charge in [-0.2, -0.15) is 5.10 Å². The Kier molecular flexibility index (Phi) is 3.94. The Labute approximate surface area is 169 Å². The Morgan fingerprint density at radius 2 is 1.93 bits per heavy atom. The van der Waals surface area contributed by atoms with E-state index >= 15 is 0 Å². The first-order chi connectivity index (χ1) is 14.3. The van der Waals surface area contributed by atoms with Crippen LogP contribution in [-0.2, 0) is 0 Å². The predicted octanol–water partition coefficient (Wildman–Crippen LogP) is 3.61. The highest BCUT2D eigenvalue weighted by molar-refractivity contribution is 6.07. The number of amides is 1. The van der Waals surface area contributed by atoms with Crippen LogP contribution in [0.2, 0.25) is 0 Å². The zero-order valence-corrected chi connectivity index (χ0v) is 16.4. The van der Waals surface area contributed by atoms with Gasteiger partial charge >= 0.3 is 0 Å². The van der Waals surface area contributed by atoms with Crippen LogP contribution in [0.1, 0.15) is 72.2 Å². The third kappa shape index (κ3) is 3.12. The highest BCUT2D eigenvalue weighted by atomic mass is 16.1. The molecule has 1 amide bonds. The number of nitrogens with one attached hydrogen (secondary N) is 2. The van der Waals surface area contributed by atoms with Crippen molar-refractivity contribution in [3.8, 4) is 5.69 Å². The van der Waals surface area contributed by atoms with Crippen molar-refractivity contribution in [1.82, 2.24) is 25.4 Å². The molecule has 1 atom stereocenters. The number of carbonyl (C=O) groups is 1. The molecular weight excluding hydrogens is 362 g/mol. The molecule has 1 aliphatic heterocycles. The fourth-order valence-corrected chi connectivity index (χ4v) is 4.33. The minimum Gasteiger partial charge on any atom is -0.349 e. The molecule has 2 aliphatic carbocycles. The van der Waals surface area contributed by atoms with Gasteiger partial charge in [0.1, 0.15) is 0 Å². The molecule has 6 heteroatoms. The Hall–Kier alpha value is -2.73. The fourth-order valence-electron chi connectivity index (χ4n) is 4.33. The third-order valence-corrected chi connectivity index (χ3v) is 6.23. The highest BCUT2D eigenvalue weighted by Crippen LogP contribution is 2.41. The first-order valence-corrected chi connectivity index (χ1v) is 10.8. The highest BCUT2D eigenvalue weighted by Gasteiger charge is 2.33. The molecule has 6 rings (SSSR count). The molecule has 1 aromatic carbocycles. The van der Waals surface area contributed by atoms with Gasteiger partial charge in [0.25, 0.3) is 5.91 Å². The van der Waals surface area contributed by atoms with E-state index in [2.05, 4.69) is 10.6 Å². The van der Waals surface area contributed by atoms with Gasteiger partial charge in [0, 0.05) is 17.7 Å². The number of nitrogens with zero attached hydrogens (tertiary/aromatic N) is 3. The van der Waals surface area contributed by atoms with Gasteiger partial charge in [0.2, 0.25) is 0 Å². The zero-order chi connectivity index (χ0) is 19.4. The minimum absolute atomic E-state index is 0.0219. The molecule has 2 saturated carbocycles. The van der Waals surface area contributed by atoms with Crippen LogP contribution in [0.25, 0.3) is 16.7 Å². The fraction of sp³-hybridized carbons (Fsp3) is 0.435. The van der Waals surface area contributed by atoms with Crippen LogP contribution < -0.4 is 10.6 Å². The van der Waals surface area contributed by atoms with Crippen molar-refractivity contribution in [2.75, 3.05) is 6.54 Å². The van der Waals surface area contributed by atoms with Crippen LogP contribution in [0.15, 0.2) is 36.4 Å². The normalized spacial score (nSPS) is 21.6. The molecule has 2 N–H and O–H groups in total. The summed E-state index contributed by atoms with van der Waals surface area (Å²) in [7, 11) is 0. The molecule has 6 nitrogen and oxygen atoms in total. The lowest BCUT2D eigenvalue weighted by Crippen LogP contribution is -2.26. The Balaban J connectivity index is 1.59. The molecular formula is C23H25N5O. The minimum atomic E-state index is 0.0219. The van der Waals surface area contributed by atoms with Gasteiger partial charge in [-0.05, 0) is 63.3 Å². The van der Waals surface area contributed by atoms with Crippen molar-refractivity contribution >= 4 is 16.9 Å². The average molecular weight is 387 g/mol. The number of aromatic nitrogens is 3. The summed E-state index contributed by atoms with van der Waals surface area (Å²) >= 11 is 0. The summed E-state index contributed by atoms with van der Waals surface area (Å²) in [6, 6.07) is 12.7. The van der Waals surface area contributed by atoms with E-state index in [0.29, 0.717) is 12.0 Å². The molecule has 1 unspecified atom stereocenters. The van der Waals surface area contributed by atoms with E-state index in [1.807, 2.05) is 41.1 Å². The summed E-state index contributed by atoms with van der Waals surface area (Å²) in [5.74, 6) is 0.493. The lowest BCUT2D eigenvalue weighted by molar-refractivity contribution is 0.0952. The van der Waals surface area contributed by atoms with Crippen LogP contribution in [0, 0.1) is 0 Å². The second kappa shape index (κ2) is 6.66. The molecule has 0 spiro atoms. The van der Waals surface area contributed by atoms with Gasteiger partial charge in [-0.15, -0.1) is 0 Å². The lowest BCUT2D eigenvalue weighted by Gasteiger charge is -2.11. The Bertz CT molecular complexity index is 1080. The number of hydrogen-bond donors (Lipinski definition) is 2. The van der Waals surface area contributed by atoms with Crippen LogP contribution in [0.4, 0.5) is 0 Å². The average Bonchev–Trinajstić information content (AvgIpc) is 3.67. The molecule has 0 radical (unpaired) electrons. The van der Waals surface area contributed by atoms with Gasteiger partial charge in [-0.25, -0.2) is 9.67 Å². The number of benzene rings is 1. The van der Waals surface area contributed by atoms with E-state index in [1.54, 1.807) is 0 Å². The summed E-state index contributed by atoms with van der Waals surface area (Å²) in [6.07, 6.45) is 6.62. The van der Waals surface area contributed by atoms with Gasteiger partial charge in [0.15, 0.2) is 5.65 Å². The Morgan fingerprint density at radius 1 is 1.10 bits per heavy atom. The summed E-state index contributed by atoms with van der Waals surface area (Å²) < 4.78 is 1.93. The molecule has 0 bridgehead atoms. The van der Waals surface area contributed by atoms with Crippen molar-refractivity contribution in [3.05, 3.63) is 53.3 Å². The third-order valence-electron chi connectivity index (χ3n) is 6.23. The van der Waals surface area contributed by atoms with Gasteiger partial charge < -0.3 is 10.6 Å². The van der Waals surface area contributed by atoms with Gasteiger partial charge in [0.05, 0.1) is 28.4 Å². The molecule has 3 aliphatic rings. The largest absolute Gasteiger partial charge is 0.349 e. The molecule has 2 aromatic heterocycles. The van der Waals surface area contributed by atoms with Crippen molar-refractivity contribution in [3.63, 3.8) is 0 Å².